The average molecular weight is 614 g/mol. The van der Waals surface area contributed by atoms with Gasteiger partial charge in [0.05, 0.1) is 23.9 Å². The first kappa shape index (κ1) is 35.6. The number of benzene rings is 1. The number of carbonyl (C=O) groups excluding carboxylic acids is 4. The molecule has 8 heteroatoms. The molecule has 2 fully saturated rings. The number of rotatable bonds is 16. The topological polar surface area (TPSA) is 108 Å². The van der Waals surface area contributed by atoms with Crippen molar-refractivity contribution < 1.29 is 33.4 Å². The molecular formula is C36H55NO7. The van der Waals surface area contributed by atoms with Crippen molar-refractivity contribution in [3.8, 4) is 0 Å². The Hall–Kier alpha value is -2.90. The van der Waals surface area contributed by atoms with Crippen LogP contribution in [0.1, 0.15) is 130 Å². The molecule has 2 aliphatic rings. The molecule has 8 nitrogen and oxygen atoms in total. The fourth-order valence-corrected chi connectivity index (χ4v) is 6.47. The predicted octanol–water partition coefficient (Wildman–Crippen LogP) is 7.22. The number of amides is 1. The van der Waals surface area contributed by atoms with Crippen LogP contribution < -0.4 is 5.32 Å². The van der Waals surface area contributed by atoms with E-state index >= 15 is 0 Å². The molecule has 0 heterocycles. The van der Waals surface area contributed by atoms with Gasteiger partial charge < -0.3 is 19.5 Å². The number of unbranched alkanes of at least 4 members (excludes halogenated alkanes) is 2. The van der Waals surface area contributed by atoms with Gasteiger partial charge in [-0.15, -0.1) is 0 Å². The first-order valence-corrected chi connectivity index (χ1v) is 16.9. The minimum atomic E-state index is -0.615. The number of nitrogens with one attached hydrogen (secondary N) is 1. The second kappa shape index (κ2) is 17.6. The second-order valence-corrected chi connectivity index (χ2v) is 13.9. The van der Waals surface area contributed by atoms with Crippen LogP contribution in [0.3, 0.4) is 0 Å². The van der Waals surface area contributed by atoms with Gasteiger partial charge in [-0.3, -0.25) is 19.2 Å². The summed E-state index contributed by atoms with van der Waals surface area (Å²) in [6, 6.07) is 9.69. The first-order chi connectivity index (χ1) is 21.0. The van der Waals surface area contributed by atoms with E-state index in [-0.39, 0.29) is 42.4 Å². The van der Waals surface area contributed by atoms with Gasteiger partial charge in [0.15, 0.2) is 0 Å². The van der Waals surface area contributed by atoms with E-state index in [1.807, 2.05) is 58.0 Å². The molecule has 1 amide bonds. The maximum atomic E-state index is 13.9. The Morgan fingerprint density at radius 3 is 2.25 bits per heavy atom. The van der Waals surface area contributed by atoms with Crippen molar-refractivity contribution in [2.75, 3.05) is 6.61 Å². The highest BCUT2D eigenvalue weighted by Gasteiger charge is 2.45. The van der Waals surface area contributed by atoms with Crippen LogP contribution in [0, 0.1) is 17.3 Å². The third kappa shape index (κ3) is 11.9. The van der Waals surface area contributed by atoms with E-state index in [1.54, 1.807) is 0 Å². The summed E-state index contributed by atoms with van der Waals surface area (Å²) >= 11 is 0. The van der Waals surface area contributed by atoms with Crippen LogP contribution in [0.2, 0.25) is 0 Å². The highest BCUT2D eigenvalue weighted by molar-refractivity contribution is 5.84. The molecule has 1 aromatic carbocycles. The molecule has 2 saturated carbocycles. The van der Waals surface area contributed by atoms with Crippen LogP contribution in [0.4, 0.5) is 0 Å². The molecule has 2 aliphatic carbocycles. The smallest absolute Gasteiger partial charge is 0.309 e. The van der Waals surface area contributed by atoms with Crippen molar-refractivity contribution >= 4 is 23.8 Å². The summed E-state index contributed by atoms with van der Waals surface area (Å²) in [5.74, 6) is -1.11. The lowest BCUT2D eigenvalue weighted by Gasteiger charge is -2.35. The standard InChI is InChI=1S/C36H55NO7/c1-5-6-17-31(38)42-24-13-10-16-29(33(40)44-35(2,3)4)25-36(22-11-12-23-36)34(41)37-30-20-18-28(19-21-30)32(39)43-26-27-14-8-7-9-15-27/h7-9,14-15,28-30H,5-6,10-13,16-26H2,1-4H3,(H,37,41)/t28-,29?,30+. The lowest BCUT2D eigenvalue weighted by atomic mass is 9.75. The SMILES string of the molecule is CCCCC(=O)OCCCCC(CC1(C(=O)N[C@H]2CC[C@@H](C(=O)OCc3ccccc3)CC2)CCCC1)C(=O)OC(C)(C)C. The summed E-state index contributed by atoms with van der Waals surface area (Å²) < 4.78 is 16.7. The third-order valence-electron chi connectivity index (χ3n) is 8.98. The van der Waals surface area contributed by atoms with Gasteiger partial charge in [-0.05, 0) is 97.0 Å². The lowest BCUT2D eigenvalue weighted by Crippen LogP contribution is -2.47. The molecule has 44 heavy (non-hydrogen) atoms. The molecule has 1 atom stereocenters. The number of hydrogen-bond acceptors (Lipinski definition) is 7. The Morgan fingerprint density at radius 2 is 1.61 bits per heavy atom. The summed E-state index contributed by atoms with van der Waals surface area (Å²) in [7, 11) is 0. The largest absolute Gasteiger partial charge is 0.466 e. The monoisotopic (exact) mass is 613 g/mol. The van der Waals surface area contributed by atoms with Gasteiger partial charge in [0.2, 0.25) is 5.91 Å². The van der Waals surface area contributed by atoms with Crippen LogP contribution in [0.15, 0.2) is 30.3 Å². The maximum Gasteiger partial charge on any atom is 0.309 e. The van der Waals surface area contributed by atoms with Crippen molar-refractivity contribution in [1.82, 2.24) is 5.32 Å². The minimum Gasteiger partial charge on any atom is -0.466 e. The zero-order valence-corrected chi connectivity index (χ0v) is 27.5. The fraction of sp³-hybridized carbons (Fsp3) is 0.722. The molecule has 3 rings (SSSR count). The average Bonchev–Trinajstić information content (AvgIpc) is 3.48. The van der Waals surface area contributed by atoms with Gasteiger partial charge in [0, 0.05) is 12.5 Å². The van der Waals surface area contributed by atoms with Crippen LogP contribution in [0.5, 0.6) is 0 Å². The quantitative estimate of drug-likeness (QED) is 0.119. The molecule has 0 aliphatic heterocycles. The molecule has 1 aromatic rings. The van der Waals surface area contributed by atoms with Gasteiger partial charge in [-0.25, -0.2) is 0 Å². The number of hydrogen-bond donors (Lipinski definition) is 1. The van der Waals surface area contributed by atoms with Crippen molar-refractivity contribution in [2.24, 2.45) is 17.3 Å². The molecule has 0 aromatic heterocycles. The van der Waals surface area contributed by atoms with E-state index in [2.05, 4.69) is 5.32 Å². The number of ether oxygens (including phenoxy) is 3. The van der Waals surface area contributed by atoms with E-state index in [0.717, 1.165) is 56.9 Å². The van der Waals surface area contributed by atoms with E-state index in [9.17, 15) is 19.2 Å². The van der Waals surface area contributed by atoms with Crippen molar-refractivity contribution in [3.63, 3.8) is 0 Å². The van der Waals surface area contributed by atoms with Crippen LogP contribution in [0.25, 0.3) is 0 Å². The fourth-order valence-electron chi connectivity index (χ4n) is 6.47. The van der Waals surface area contributed by atoms with Crippen molar-refractivity contribution in [3.05, 3.63) is 35.9 Å². The Morgan fingerprint density at radius 1 is 0.932 bits per heavy atom. The van der Waals surface area contributed by atoms with Crippen LogP contribution in [-0.2, 0) is 40.0 Å². The summed E-state index contributed by atoms with van der Waals surface area (Å²) in [5.41, 5.74) is -0.241. The third-order valence-corrected chi connectivity index (χ3v) is 8.98. The molecular weight excluding hydrogens is 558 g/mol. The summed E-state index contributed by atoms with van der Waals surface area (Å²) in [6.07, 6.45) is 10.9. The molecule has 0 radical (unpaired) electrons. The molecule has 0 bridgehead atoms. The maximum absolute atomic E-state index is 13.9. The second-order valence-electron chi connectivity index (χ2n) is 13.9. The zero-order chi connectivity index (χ0) is 32.0. The summed E-state index contributed by atoms with van der Waals surface area (Å²) in [5, 5.41) is 3.32. The summed E-state index contributed by atoms with van der Waals surface area (Å²) in [4.78, 5) is 51.7. The zero-order valence-electron chi connectivity index (χ0n) is 27.5. The lowest BCUT2D eigenvalue weighted by molar-refractivity contribution is -0.162. The Kier molecular flexibility index (Phi) is 14.2. The molecule has 1 unspecified atom stereocenters. The van der Waals surface area contributed by atoms with Gasteiger partial charge in [0.25, 0.3) is 0 Å². The predicted molar refractivity (Wildman–Crippen MR) is 169 cm³/mol. The van der Waals surface area contributed by atoms with E-state index in [0.29, 0.717) is 51.6 Å². The Balaban J connectivity index is 1.53. The minimum absolute atomic E-state index is 0.0144. The van der Waals surface area contributed by atoms with E-state index < -0.39 is 16.9 Å². The number of carbonyl (C=O) groups is 4. The molecule has 1 N–H and O–H groups in total. The normalized spacial score (nSPS) is 20.4. The highest BCUT2D eigenvalue weighted by Crippen LogP contribution is 2.45. The molecule has 0 spiro atoms. The number of esters is 3. The Labute approximate surface area is 264 Å². The van der Waals surface area contributed by atoms with Gasteiger partial charge in [0.1, 0.15) is 12.2 Å². The molecule has 0 saturated heterocycles. The van der Waals surface area contributed by atoms with Crippen LogP contribution in [-0.4, -0.2) is 42.1 Å². The van der Waals surface area contributed by atoms with Gasteiger partial charge in [-0.1, -0.05) is 56.5 Å². The highest BCUT2D eigenvalue weighted by atomic mass is 16.6. The molecule has 246 valence electrons. The van der Waals surface area contributed by atoms with Crippen LogP contribution >= 0.6 is 0 Å². The van der Waals surface area contributed by atoms with E-state index in [1.165, 1.54) is 0 Å². The van der Waals surface area contributed by atoms with Crippen molar-refractivity contribution in [2.45, 2.75) is 142 Å². The van der Waals surface area contributed by atoms with E-state index in [4.69, 9.17) is 14.2 Å². The Bertz CT molecular complexity index is 1050. The van der Waals surface area contributed by atoms with Gasteiger partial charge >= 0.3 is 17.9 Å². The van der Waals surface area contributed by atoms with Crippen molar-refractivity contribution in [1.29, 1.82) is 0 Å². The first-order valence-electron chi connectivity index (χ1n) is 16.9. The summed E-state index contributed by atoms with van der Waals surface area (Å²) in [6.45, 7) is 8.26. The van der Waals surface area contributed by atoms with Gasteiger partial charge in [-0.2, -0.15) is 0 Å².